The molecule has 3 aromatic rings. The summed E-state index contributed by atoms with van der Waals surface area (Å²) in [6, 6.07) is 6.94. The molecule has 0 fully saturated rings. The van der Waals surface area contributed by atoms with E-state index in [4.69, 9.17) is 4.74 Å². The fourth-order valence-electron chi connectivity index (χ4n) is 3.25. The van der Waals surface area contributed by atoms with Crippen molar-refractivity contribution in [3.63, 3.8) is 0 Å². The van der Waals surface area contributed by atoms with Gasteiger partial charge in [-0.25, -0.2) is 4.98 Å². The molecule has 0 bridgehead atoms. The maximum Gasteiger partial charge on any atom is 0.388 e. The van der Waals surface area contributed by atoms with Gasteiger partial charge in [0.05, 0.1) is 54.8 Å². The number of fused-ring (bicyclic) bond motifs is 1. The van der Waals surface area contributed by atoms with Gasteiger partial charge in [-0.3, -0.25) is 19.4 Å². The Bertz CT molecular complexity index is 1230. The van der Waals surface area contributed by atoms with Crippen LogP contribution in [-0.2, 0) is 12.1 Å². The molecule has 32 heavy (non-hydrogen) atoms. The third-order valence-corrected chi connectivity index (χ3v) is 5.02. The van der Waals surface area contributed by atoms with E-state index in [1.165, 1.54) is 35.2 Å². The minimum absolute atomic E-state index is 0.0373. The molecule has 4 heterocycles. The Hall–Kier alpha value is -4.07. The Kier molecular flexibility index (Phi) is 5.22. The molecule has 11 heteroatoms. The minimum atomic E-state index is -3.03. The van der Waals surface area contributed by atoms with E-state index in [1.54, 1.807) is 32.2 Å². The zero-order valence-corrected chi connectivity index (χ0v) is 17.4. The van der Waals surface area contributed by atoms with Crippen LogP contribution in [0.15, 0.2) is 36.8 Å². The van der Waals surface area contributed by atoms with E-state index in [9.17, 15) is 18.8 Å². The lowest BCUT2D eigenvalue weighted by Gasteiger charge is -2.16. The highest BCUT2D eigenvalue weighted by atomic mass is 19.3. The number of aromatic nitrogens is 4. The molecule has 0 saturated carbocycles. The number of rotatable bonds is 6. The van der Waals surface area contributed by atoms with Crippen LogP contribution in [0.5, 0.6) is 11.6 Å². The lowest BCUT2D eigenvalue weighted by molar-refractivity contribution is -0.0543. The molecule has 0 aromatic carbocycles. The molecule has 0 radical (unpaired) electrons. The third kappa shape index (κ3) is 3.71. The van der Waals surface area contributed by atoms with Crippen LogP contribution in [0.2, 0.25) is 0 Å². The molecule has 0 aliphatic carbocycles. The number of anilines is 1. The standard InChI is InChI=1S/C21H18F2N6O3/c1-21(2,11-24)29-9-13(8-26-29)28-10-16-14(19(28)30)4-5-15(27-16)12-6-17(31-3)18(25-7-12)32-20(22)23/h4-9,20H,10H2,1-3H3. The van der Waals surface area contributed by atoms with Crippen molar-refractivity contribution in [3.05, 3.63) is 48.0 Å². The SMILES string of the molecule is COc1cc(-c2ccc3c(n2)CN(c2cnn(C(C)(C)C#N)c2)C3=O)cnc1OC(F)F. The number of nitriles is 1. The summed E-state index contributed by atoms with van der Waals surface area (Å²) in [7, 11) is 1.32. The topological polar surface area (TPSA) is 106 Å². The fourth-order valence-corrected chi connectivity index (χ4v) is 3.25. The molecule has 1 aliphatic rings. The molecule has 0 N–H and O–H groups in total. The van der Waals surface area contributed by atoms with Crippen molar-refractivity contribution >= 4 is 11.6 Å². The first-order chi connectivity index (χ1) is 15.2. The number of methoxy groups -OCH3 is 1. The Morgan fingerprint density at radius 2 is 2.06 bits per heavy atom. The first-order valence-corrected chi connectivity index (χ1v) is 9.51. The van der Waals surface area contributed by atoms with Crippen LogP contribution in [0.4, 0.5) is 14.5 Å². The summed E-state index contributed by atoms with van der Waals surface area (Å²) in [5.74, 6) is -0.522. The molecular formula is C21H18F2N6O3. The predicted molar refractivity (Wildman–Crippen MR) is 108 cm³/mol. The van der Waals surface area contributed by atoms with Gasteiger partial charge in [0.15, 0.2) is 5.75 Å². The number of pyridine rings is 2. The number of amides is 1. The second-order valence-corrected chi connectivity index (χ2v) is 7.51. The van der Waals surface area contributed by atoms with Crippen LogP contribution < -0.4 is 14.4 Å². The van der Waals surface area contributed by atoms with Crippen molar-refractivity contribution in [2.45, 2.75) is 32.5 Å². The number of hydrogen-bond donors (Lipinski definition) is 0. The maximum absolute atomic E-state index is 12.9. The van der Waals surface area contributed by atoms with E-state index in [0.29, 0.717) is 28.2 Å². The van der Waals surface area contributed by atoms with Crippen molar-refractivity contribution in [2.75, 3.05) is 12.0 Å². The first-order valence-electron chi connectivity index (χ1n) is 9.51. The van der Waals surface area contributed by atoms with E-state index in [1.807, 2.05) is 0 Å². The molecule has 3 aromatic heterocycles. The number of carbonyl (C=O) groups excluding carboxylic acids is 1. The van der Waals surface area contributed by atoms with Crippen LogP contribution in [-0.4, -0.2) is 39.4 Å². The van der Waals surface area contributed by atoms with Gasteiger partial charge < -0.3 is 9.47 Å². The summed E-state index contributed by atoms with van der Waals surface area (Å²) in [4.78, 5) is 22.9. The average molecular weight is 440 g/mol. The first kappa shape index (κ1) is 21.2. The van der Waals surface area contributed by atoms with Gasteiger partial charge >= 0.3 is 6.61 Å². The molecule has 0 spiro atoms. The number of ether oxygens (including phenoxy) is 2. The smallest absolute Gasteiger partial charge is 0.388 e. The Morgan fingerprint density at radius 3 is 2.75 bits per heavy atom. The zero-order valence-electron chi connectivity index (χ0n) is 17.4. The quantitative estimate of drug-likeness (QED) is 0.578. The second-order valence-electron chi connectivity index (χ2n) is 7.51. The molecule has 0 unspecified atom stereocenters. The monoisotopic (exact) mass is 440 g/mol. The summed E-state index contributed by atoms with van der Waals surface area (Å²) in [6.07, 6.45) is 4.52. The van der Waals surface area contributed by atoms with Gasteiger partial charge in [-0.05, 0) is 32.0 Å². The van der Waals surface area contributed by atoms with Crippen LogP contribution in [0, 0.1) is 11.3 Å². The number of halogens is 2. The van der Waals surface area contributed by atoms with E-state index >= 15 is 0 Å². The van der Waals surface area contributed by atoms with Gasteiger partial charge in [0.25, 0.3) is 11.8 Å². The van der Waals surface area contributed by atoms with Crippen molar-refractivity contribution in [3.8, 4) is 29.0 Å². The fraction of sp³-hybridized carbons (Fsp3) is 0.286. The van der Waals surface area contributed by atoms with Crippen molar-refractivity contribution in [2.24, 2.45) is 0 Å². The van der Waals surface area contributed by atoms with E-state index < -0.39 is 12.2 Å². The summed E-state index contributed by atoms with van der Waals surface area (Å²) in [5, 5.41) is 13.5. The summed E-state index contributed by atoms with van der Waals surface area (Å²) in [5.41, 5.74) is 1.70. The molecule has 9 nitrogen and oxygen atoms in total. The third-order valence-electron chi connectivity index (χ3n) is 5.02. The largest absolute Gasteiger partial charge is 0.491 e. The van der Waals surface area contributed by atoms with Crippen molar-refractivity contribution < 1.29 is 23.0 Å². The summed E-state index contributed by atoms with van der Waals surface area (Å²) in [6.45, 7) is 0.633. The lowest BCUT2D eigenvalue weighted by atomic mass is 10.1. The normalized spacial score (nSPS) is 13.3. The maximum atomic E-state index is 12.9. The molecule has 1 aliphatic heterocycles. The highest BCUT2D eigenvalue weighted by Gasteiger charge is 2.32. The van der Waals surface area contributed by atoms with E-state index in [-0.39, 0.29) is 24.1 Å². The highest BCUT2D eigenvalue weighted by molar-refractivity contribution is 6.09. The average Bonchev–Trinajstić information content (AvgIpc) is 3.39. The van der Waals surface area contributed by atoms with Crippen LogP contribution in [0.3, 0.4) is 0 Å². The number of hydrogen-bond acceptors (Lipinski definition) is 7. The molecular weight excluding hydrogens is 422 g/mol. The van der Waals surface area contributed by atoms with Crippen LogP contribution >= 0.6 is 0 Å². The number of carbonyl (C=O) groups is 1. The Balaban J connectivity index is 1.62. The van der Waals surface area contributed by atoms with Crippen LogP contribution in [0.25, 0.3) is 11.3 Å². The molecule has 164 valence electrons. The Morgan fingerprint density at radius 1 is 1.28 bits per heavy atom. The van der Waals surface area contributed by atoms with E-state index in [2.05, 4.69) is 25.9 Å². The van der Waals surface area contributed by atoms with Gasteiger partial charge in [0.2, 0.25) is 0 Å². The number of nitrogens with zero attached hydrogens (tertiary/aromatic N) is 6. The molecule has 4 rings (SSSR count). The summed E-state index contributed by atoms with van der Waals surface area (Å²) < 4.78 is 36.0. The molecule has 0 saturated heterocycles. The van der Waals surface area contributed by atoms with Crippen molar-refractivity contribution in [1.29, 1.82) is 5.26 Å². The number of alkyl halides is 2. The van der Waals surface area contributed by atoms with E-state index in [0.717, 1.165) is 0 Å². The van der Waals surface area contributed by atoms with Gasteiger partial charge in [0.1, 0.15) is 5.54 Å². The zero-order chi connectivity index (χ0) is 23.0. The highest BCUT2D eigenvalue weighted by Crippen LogP contribution is 2.33. The second kappa shape index (κ2) is 7.88. The van der Waals surface area contributed by atoms with Crippen molar-refractivity contribution in [1.82, 2.24) is 19.7 Å². The molecule has 0 atom stereocenters. The lowest BCUT2D eigenvalue weighted by Crippen LogP contribution is -2.25. The predicted octanol–water partition coefficient (Wildman–Crippen LogP) is 3.37. The van der Waals surface area contributed by atoms with Gasteiger partial charge in [-0.1, -0.05) is 0 Å². The van der Waals surface area contributed by atoms with Gasteiger partial charge in [-0.15, -0.1) is 0 Å². The Labute approximate surface area is 181 Å². The van der Waals surface area contributed by atoms with Gasteiger partial charge in [0, 0.05) is 11.8 Å². The van der Waals surface area contributed by atoms with Crippen LogP contribution in [0.1, 0.15) is 29.9 Å². The minimum Gasteiger partial charge on any atom is -0.491 e. The molecule has 1 amide bonds. The summed E-state index contributed by atoms with van der Waals surface area (Å²) >= 11 is 0. The van der Waals surface area contributed by atoms with Gasteiger partial charge in [-0.2, -0.15) is 19.1 Å².